The Morgan fingerprint density at radius 3 is 1.17 bits per heavy atom. The van der Waals surface area contributed by atoms with Crippen LogP contribution in [0.4, 0.5) is 0 Å². The molecule has 0 amide bonds. The number of rotatable bonds is 3. The monoisotopic (exact) mass is 654 g/mol. The van der Waals surface area contributed by atoms with Gasteiger partial charge in [-0.15, -0.1) is 0 Å². The predicted molar refractivity (Wildman–Crippen MR) is 225 cm³/mol. The molecule has 12 aromatic carbocycles. The summed E-state index contributed by atoms with van der Waals surface area (Å²) in [5, 5.41) is 20.9. The van der Waals surface area contributed by atoms with Crippen LogP contribution in [0.2, 0.25) is 0 Å². The lowest BCUT2D eigenvalue weighted by Gasteiger charge is -2.18. The van der Waals surface area contributed by atoms with E-state index in [-0.39, 0.29) is 0 Å². The summed E-state index contributed by atoms with van der Waals surface area (Å²) >= 11 is 0. The second-order valence-corrected chi connectivity index (χ2v) is 14.4. The van der Waals surface area contributed by atoms with Gasteiger partial charge in [0.05, 0.1) is 0 Å². The largest absolute Gasteiger partial charge is 0.0616 e. The zero-order valence-corrected chi connectivity index (χ0v) is 28.3. The molecule has 238 valence electrons. The summed E-state index contributed by atoms with van der Waals surface area (Å²) in [7, 11) is 0. The Morgan fingerprint density at radius 1 is 0.192 bits per heavy atom. The lowest BCUT2D eigenvalue weighted by atomic mass is 9.85. The molecule has 0 saturated carbocycles. The lowest BCUT2D eigenvalue weighted by molar-refractivity contribution is 1.65. The van der Waals surface area contributed by atoms with Crippen LogP contribution in [-0.4, -0.2) is 0 Å². The van der Waals surface area contributed by atoms with Crippen molar-refractivity contribution in [2.24, 2.45) is 0 Å². The molecular formula is C52H30. The van der Waals surface area contributed by atoms with Gasteiger partial charge in [0.1, 0.15) is 0 Å². The van der Waals surface area contributed by atoms with Gasteiger partial charge < -0.3 is 0 Å². The summed E-state index contributed by atoms with van der Waals surface area (Å²) in [6.45, 7) is 0. The first-order chi connectivity index (χ1) is 25.8. The van der Waals surface area contributed by atoms with Gasteiger partial charge in [-0.2, -0.15) is 0 Å². The van der Waals surface area contributed by atoms with Crippen molar-refractivity contribution < 1.29 is 0 Å². The molecule has 0 unspecified atom stereocenters. The van der Waals surface area contributed by atoms with E-state index in [1.165, 1.54) is 120 Å². The molecule has 0 aliphatic rings. The van der Waals surface area contributed by atoms with Crippen LogP contribution >= 0.6 is 0 Å². The molecule has 12 rings (SSSR count). The third-order valence-corrected chi connectivity index (χ3v) is 11.7. The molecule has 0 aliphatic heterocycles. The summed E-state index contributed by atoms with van der Waals surface area (Å²) in [6, 6.07) is 68.2. The number of hydrogen-bond acceptors (Lipinski definition) is 0. The Kier molecular flexibility index (Phi) is 5.59. The Morgan fingerprint density at radius 2 is 0.577 bits per heavy atom. The Bertz CT molecular complexity index is 3370. The van der Waals surface area contributed by atoms with E-state index in [1.54, 1.807) is 0 Å². The minimum Gasteiger partial charge on any atom is -0.0616 e. The molecule has 0 heterocycles. The highest BCUT2D eigenvalue weighted by Crippen LogP contribution is 2.46. The number of fused-ring (bicyclic) bond motifs is 2. The second-order valence-electron chi connectivity index (χ2n) is 14.4. The van der Waals surface area contributed by atoms with Crippen LogP contribution in [0.5, 0.6) is 0 Å². The van der Waals surface area contributed by atoms with Gasteiger partial charge in [-0.3, -0.25) is 0 Å². The van der Waals surface area contributed by atoms with Crippen molar-refractivity contribution >= 4 is 86.2 Å². The van der Waals surface area contributed by atoms with E-state index in [9.17, 15) is 0 Å². The van der Waals surface area contributed by atoms with Gasteiger partial charge in [-0.1, -0.05) is 170 Å². The maximum Gasteiger partial charge on any atom is -0.00206 e. The van der Waals surface area contributed by atoms with Crippen molar-refractivity contribution in [3.63, 3.8) is 0 Å². The predicted octanol–water partition coefficient (Wildman–Crippen LogP) is 14.8. The zero-order chi connectivity index (χ0) is 33.9. The second kappa shape index (κ2) is 10.4. The van der Waals surface area contributed by atoms with Crippen molar-refractivity contribution in [3.8, 4) is 33.4 Å². The SMILES string of the molecule is c1ccc2c(-c3ccc4ccc5cccc6ccc3c4c56)cc(-c3ccc(-c4ccc5ccc6cccc7ccc4c5c67)c4ccccc34)cc2c1. The van der Waals surface area contributed by atoms with Crippen LogP contribution in [0.1, 0.15) is 0 Å². The maximum atomic E-state index is 2.44. The molecule has 0 fully saturated rings. The average molecular weight is 655 g/mol. The Labute approximate surface area is 300 Å². The third-order valence-electron chi connectivity index (χ3n) is 11.7. The molecule has 0 saturated heterocycles. The van der Waals surface area contributed by atoms with Crippen molar-refractivity contribution in [1.82, 2.24) is 0 Å². The van der Waals surface area contributed by atoms with Gasteiger partial charge in [0.25, 0.3) is 0 Å². The third kappa shape index (κ3) is 3.81. The van der Waals surface area contributed by atoms with Gasteiger partial charge in [0, 0.05) is 0 Å². The first-order valence-electron chi connectivity index (χ1n) is 18.2. The topological polar surface area (TPSA) is 0 Å². The van der Waals surface area contributed by atoms with Crippen molar-refractivity contribution in [2.45, 2.75) is 0 Å². The Balaban J connectivity index is 1.11. The maximum absolute atomic E-state index is 2.44. The van der Waals surface area contributed by atoms with Gasteiger partial charge >= 0.3 is 0 Å². The summed E-state index contributed by atoms with van der Waals surface area (Å²) in [5.74, 6) is 0. The molecule has 0 nitrogen and oxygen atoms in total. The molecular weight excluding hydrogens is 625 g/mol. The summed E-state index contributed by atoms with van der Waals surface area (Å²) < 4.78 is 0. The number of hydrogen-bond donors (Lipinski definition) is 0. The summed E-state index contributed by atoms with van der Waals surface area (Å²) in [4.78, 5) is 0. The van der Waals surface area contributed by atoms with Gasteiger partial charge in [-0.25, -0.2) is 0 Å². The van der Waals surface area contributed by atoms with Crippen molar-refractivity contribution in [2.75, 3.05) is 0 Å². The molecule has 0 radical (unpaired) electrons. The van der Waals surface area contributed by atoms with E-state index in [0.29, 0.717) is 0 Å². The van der Waals surface area contributed by atoms with Crippen LogP contribution in [0.25, 0.3) is 120 Å². The first kappa shape index (κ1) is 28.0. The standard InChI is InChI=1S/C52H30/c1-2-12-39-37(7-1)29-38(30-48(39)45-24-20-36-18-16-32-9-6-11-34-22-26-47(45)52(36)50(32)34)40-27-28-43(42-14-4-3-13-41(40)42)44-23-19-35-17-15-31-8-5-10-33-21-25-46(44)51(35)49(31)33/h1-30H. The molecule has 0 spiro atoms. The summed E-state index contributed by atoms with van der Waals surface area (Å²) in [6.07, 6.45) is 0. The van der Waals surface area contributed by atoms with Gasteiger partial charge in [0.15, 0.2) is 0 Å². The van der Waals surface area contributed by atoms with E-state index in [1.807, 2.05) is 0 Å². The highest BCUT2D eigenvalue weighted by atomic mass is 14.2. The van der Waals surface area contributed by atoms with Crippen LogP contribution in [0, 0.1) is 0 Å². The smallest absolute Gasteiger partial charge is 0.00206 e. The average Bonchev–Trinajstić information content (AvgIpc) is 3.21. The minimum absolute atomic E-state index is 1.23. The lowest BCUT2D eigenvalue weighted by Crippen LogP contribution is -1.91. The van der Waals surface area contributed by atoms with E-state index in [2.05, 4.69) is 182 Å². The van der Waals surface area contributed by atoms with E-state index < -0.39 is 0 Å². The van der Waals surface area contributed by atoms with Crippen molar-refractivity contribution in [1.29, 1.82) is 0 Å². The molecule has 0 aliphatic carbocycles. The normalized spacial score (nSPS) is 12.2. The van der Waals surface area contributed by atoms with Crippen molar-refractivity contribution in [3.05, 3.63) is 182 Å². The van der Waals surface area contributed by atoms with Gasteiger partial charge in [0.2, 0.25) is 0 Å². The molecule has 52 heavy (non-hydrogen) atoms. The Hall–Kier alpha value is -6.76. The molecule has 0 heteroatoms. The molecule has 0 aromatic heterocycles. The van der Waals surface area contributed by atoms with E-state index in [4.69, 9.17) is 0 Å². The quantitative estimate of drug-likeness (QED) is 0.166. The highest BCUT2D eigenvalue weighted by Gasteiger charge is 2.18. The molecule has 12 aromatic rings. The fraction of sp³-hybridized carbons (Fsp3) is 0. The van der Waals surface area contributed by atoms with Crippen LogP contribution in [0.15, 0.2) is 182 Å². The zero-order valence-electron chi connectivity index (χ0n) is 28.3. The van der Waals surface area contributed by atoms with E-state index >= 15 is 0 Å². The van der Waals surface area contributed by atoms with Crippen LogP contribution in [-0.2, 0) is 0 Å². The highest BCUT2D eigenvalue weighted by molar-refractivity contribution is 6.28. The fourth-order valence-electron chi connectivity index (χ4n) is 9.41. The molecule has 0 bridgehead atoms. The number of benzene rings is 12. The molecule has 0 atom stereocenters. The minimum atomic E-state index is 1.23. The fourth-order valence-corrected chi connectivity index (χ4v) is 9.41. The summed E-state index contributed by atoms with van der Waals surface area (Å²) in [5.41, 5.74) is 7.58. The van der Waals surface area contributed by atoms with Gasteiger partial charge in [-0.05, 0) is 132 Å². The van der Waals surface area contributed by atoms with Crippen LogP contribution < -0.4 is 0 Å². The van der Waals surface area contributed by atoms with Crippen LogP contribution in [0.3, 0.4) is 0 Å². The molecule has 0 N–H and O–H groups in total. The van der Waals surface area contributed by atoms with E-state index in [0.717, 1.165) is 0 Å². The first-order valence-corrected chi connectivity index (χ1v) is 18.2.